The molecule has 130 valence electrons. The van der Waals surface area contributed by atoms with Crippen LogP contribution >= 0.6 is 0 Å². The van der Waals surface area contributed by atoms with Crippen molar-refractivity contribution in [1.29, 1.82) is 0 Å². The first kappa shape index (κ1) is 16.1. The van der Waals surface area contributed by atoms with Crippen LogP contribution in [0.15, 0.2) is 53.5 Å². The molecule has 0 saturated heterocycles. The highest BCUT2D eigenvalue weighted by Gasteiger charge is 2.21. The molecule has 4 rings (SSSR count). The summed E-state index contributed by atoms with van der Waals surface area (Å²) in [5.74, 6) is 0.534. The van der Waals surface area contributed by atoms with Crippen LogP contribution < -0.4 is 11.4 Å². The third-order valence-electron chi connectivity index (χ3n) is 5.30. The summed E-state index contributed by atoms with van der Waals surface area (Å²) < 4.78 is 3.78. The van der Waals surface area contributed by atoms with Crippen LogP contribution in [0.5, 0.6) is 0 Å². The summed E-state index contributed by atoms with van der Waals surface area (Å²) in [4.78, 5) is 17.5. The van der Waals surface area contributed by atoms with Gasteiger partial charge in [-0.25, -0.2) is 4.79 Å². The SMILES string of the molecule is NC1CCC(Cn2c(=O)n(Cc3ccccn3)c3ccccc32)CC1. The molecule has 0 radical (unpaired) electrons. The zero-order valence-electron chi connectivity index (χ0n) is 14.3. The lowest BCUT2D eigenvalue weighted by atomic mass is 9.86. The maximum absolute atomic E-state index is 13.1. The van der Waals surface area contributed by atoms with E-state index in [1.165, 1.54) is 0 Å². The Morgan fingerprint density at radius 3 is 2.32 bits per heavy atom. The Balaban J connectivity index is 1.70. The van der Waals surface area contributed by atoms with E-state index in [0.29, 0.717) is 18.5 Å². The Hall–Kier alpha value is -2.40. The Bertz CT molecular complexity index is 904. The topological polar surface area (TPSA) is 65.8 Å². The largest absolute Gasteiger partial charge is 0.329 e. The fraction of sp³-hybridized carbons (Fsp3) is 0.400. The van der Waals surface area contributed by atoms with Gasteiger partial charge in [0.05, 0.1) is 23.3 Å². The lowest BCUT2D eigenvalue weighted by Crippen LogP contribution is -2.31. The second-order valence-electron chi connectivity index (χ2n) is 7.07. The molecule has 1 aromatic carbocycles. The maximum Gasteiger partial charge on any atom is 0.329 e. The minimum atomic E-state index is 0.0572. The number of para-hydroxylation sites is 2. The molecule has 0 aliphatic heterocycles. The minimum Gasteiger partial charge on any atom is -0.328 e. The van der Waals surface area contributed by atoms with Gasteiger partial charge >= 0.3 is 5.69 Å². The average Bonchev–Trinajstić information content (AvgIpc) is 2.90. The molecule has 1 aliphatic carbocycles. The first-order valence-electron chi connectivity index (χ1n) is 9.06. The van der Waals surface area contributed by atoms with Gasteiger partial charge in [0, 0.05) is 18.8 Å². The number of hydrogen-bond donors (Lipinski definition) is 1. The summed E-state index contributed by atoms with van der Waals surface area (Å²) in [6, 6.07) is 14.2. The Kier molecular flexibility index (Phi) is 4.40. The maximum atomic E-state index is 13.1. The number of aromatic nitrogens is 3. The van der Waals surface area contributed by atoms with Gasteiger partial charge in [0.1, 0.15) is 0 Å². The third-order valence-corrected chi connectivity index (χ3v) is 5.30. The van der Waals surface area contributed by atoms with E-state index in [4.69, 9.17) is 5.73 Å². The molecule has 5 heteroatoms. The molecule has 0 bridgehead atoms. The number of benzene rings is 1. The molecule has 25 heavy (non-hydrogen) atoms. The van der Waals surface area contributed by atoms with Crippen molar-refractivity contribution < 1.29 is 0 Å². The smallest absolute Gasteiger partial charge is 0.328 e. The van der Waals surface area contributed by atoms with Crippen LogP contribution in [-0.4, -0.2) is 20.2 Å². The standard InChI is InChI=1S/C20H24N4O/c21-16-10-8-15(9-11-16)13-23-18-6-1-2-7-19(18)24(20(23)25)14-17-5-3-4-12-22-17/h1-7,12,15-16H,8-11,13-14,21H2. The van der Waals surface area contributed by atoms with Crippen molar-refractivity contribution in [3.05, 3.63) is 64.8 Å². The molecule has 0 spiro atoms. The van der Waals surface area contributed by atoms with Crippen LogP contribution in [0.3, 0.4) is 0 Å². The van der Waals surface area contributed by atoms with Crippen LogP contribution in [0.25, 0.3) is 11.0 Å². The number of fused-ring (bicyclic) bond motifs is 1. The van der Waals surface area contributed by atoms with Crippen molar-refractivity contribution in [1.82, 2.24) is 14.1 Å². The summed E-state index contributed by atoms with van der Waals surface area (Å²) in [5.41, 5.74) is 8.97. The number of nitrogens with zero attached hydrogens (tertiary/aromatic N) is 3. The number of rotatable bonds is 4. The van der Waals surface area contributed by atoms with E-state index in [0.717, 1.165) is 49.0 Å². The molecule has 2 N–H and O–H groups in total. The third kappa shape index (κ3) is 3.24. The molecule has 0 unspecified atom stereocenters. The summed E-state index contributed by atoms with van der Waals surface area (Å²) in [6.07, 6.45) is 6.10. The van der Waals surface area contributed by atoms with Gasteiger partial charge in [-0.05, 0) is 55.9 Å². The number of imidazole rings is 1. The van der Waals surface area contributed by atoms with Gasteiger partial charge in [0.25, 0.3) is 0 Å². The fourth-order valence-electron chi connectivity index (χ4n) is 3.88. The lowest BCUT2D eigenvalue weighted by Gasteiger charge is -2.26. The number of pyridine rings is 1. The first-order chi connectivity index (χ1) is 12.2. The Morgan fingerprint density at radius 1 is 0.960 bits per heavy atom. The van der Waals surface area contributed by atoms with E-state index in [1.54, 1.807) is 6.20 Å². The highest BCUT2D eigenvalue weighted by Crippen LogP contribution is 2.25. The molecule has 5 nitrogen and oxygen atoms in total. The minimum absolute atomic E-state index is 0.0572. The normalized spacial score (nSPS) is 20.8. The molecule has 0 atom stereocenters. The van der Waals surface area contributed by atoms with E-state index in [2.05, 4.69) is 4.98 Å². The summed E-state index contributed by atoms with van der Waals surface area (Å²) in [5, 5.41) is 0. The van der Waals surface area contributed by atoms with Crippen molar-refractivity contribution in [3.63, 3.8) is 0 Å². The van der Waals surface area contributed by atoms with Crippen LogP contribution in [0.1, 0.15) is 31.4 Å². The number of hydrogen-bond acceptors (Lipinski definition) is 3. The monoisotopic (exact) mass is 336 g/mol. The highest BCUT2D eigenvalue weighted by atomic mass is 16.1. The van der Waals surface area contributed by atoms with Gasteiger partial charge in [0.2, 0.25) is 0 Å². The van der Waals surface area contributed by atoms with Crippen LogP contribution in [-0.2, 0) is 13.1 Å². The summed E-state index contributed by atoms with van der Waals surface area (Å²) in [7, 11) is 0. The molecular weight excluding hydrogens is 312 g/mol. The van der Waals surface area contributed by atoms with Gasteiger partial charge in [-0.15, -0.1) is 0 Å². The Labute approximate surface area is 147 Å². The molecule has 1 aliphatic rings. The van der Waals surface area contributed by atoms with Gasteiger partial charge in [-0.1, -0.05) is 18.2 Å². The molecule has 2 aromatic heterocycles. The highest BCUT2D eigenvalue weighted by molar-refractivity contribution is 5.76. The lowest BCUT2D eigenvalue weighted by molar-refractivity contribution is 0.294. The molecule has 2 heterocycles. The Morgan fingerprint density at radius 2 is 1.64 bits per heavy atom. The molecule has 3 aromatic rings. The van der Waals surface area contributed by atoms with Gasteiger partial charge in [0.15, 0.2) is 0 Å². The number of nitrogens with two attached hydrogens (primary N) is 1. The average molecular weight is 336 g/mol. The summed E-state index contributed by atoms with van der Waals surface area (Å²) in [6.45, 7) is 1.28. The van der Waals surface area contributed by atoms with Gasteiger partial charge < -0.3 is 5.73 Å². The van der Waals surface area contributed by atoms with Crippen molar-refractivity contribution in [2.24, 2.45) is 11.7 Å². The van der Waals surface area contributed by atoms with Crippen LogP contribution in [0, 0.1) is 5.92 Å². The second-order valence-corrected chi connectivity index (χ2v) is 7.07. The van der Waals surface area contributed by atoms with Crippen LogP contribution in [0.4, 0.5) is 0 Å². The van der Waals surface area contributed by atoms with Crippen molar-refractivity contribution in [2.75, 3.05) is 0 Å². The van der Waals surface area contributed by atoms with Crippen molar-refractivity contribution >= 4 is 11.0 Å². The second kappa shape index (κ2) is 6.84. The first-order valence-corrected chi connectivity index (χ1v) is 9.06. The zero-order chi connectivity index (χ0) is 17.2. The van der Waals surface area contributed by atoms with Crippen LogP contribution in [0.2, 0.25) is 0 Å². The molecular formula is C20H24N4O. The predicted octanol–water partition coefficient (Wildman–Crippen LogP) is 2.76. The van der Waals surface area contributed by atoms with Crippen molar-refractivity contribution in [2.45, 2.75) is 44.8 Å². The van der Waals surface area contributed by atoms with E-state index >= 15 is 0 Å². The zero-order valence-corrected chi connectivity index (χ0v) is 14.3. The quantitative estimate of drug-likeness (QED) is 0.797. The predicted molar refractivity (Wildman–Crippen MR) is 99.5 cm³/mol. The van der Waals surface area contributed by atoms with E-state index in [9.17, 15) is 4.79 Å². The fourth-order valence-corrected chi connectivity index (χ4v) is 3.88. The van der Waals surface area contributed by atoms with Gasteiger partial charge in [-0.3, -0.25) is 14.1 Å². The van der Waals surface area contributed by atoms with E-state index in [-0.39, 0.29) is 5.69 Å². The molecule has 1 saturated carbocycles. The molecule has 0 amide bonds. The van der Waals surface area contributed by atoms with E-state index < -0.39 is 0 Å². The molecule has 1 fully saturated rings. The van der Waals surface area contributed by atoms with Gasteiger partial charge in [-0.2, -0.15) is 0 Å². The summed E-state index contributed by atoms with van der Waals surface area (Å²) >= 11 is 0. The van der Waals surface area contributed by atoms with E-state index in [1.807, 2.05) is 51.6 Å². The van der Waals surface area contributed by atoms with Crippen molar-refractivity contribution in [3.8, 4) is 0 Å².